The lowest BCUT2D eigenvalue weighted by molar-refractivity contribution is 1.16. The molecule has 0 N–H and O–H groups in total. The molecule has 0 saturated carbocycles. The Morgan fingerprint density at radius 3 is 1.75 bits per heavy atom. The molecule has 0 amide bonds. The second kappa shape index (κ2) is 12.5. The van der Waals surface area contributed by atoms with Gasteiger partial charge in [-0.1, -0.05) is 127 Å². The van der Waals surface area contributed by atoms with Crippen LogP contribution in [0.25, 0.3) is 114 Å². The van der Waals surface area contributed by atoms with E-state index in [0.717, 1.165) is 55.8 Å². The molecule has 0 saturated heterocycles. The second-order valence-corrected chi connectivity index (χ2v) is 16.6. The number of para-hydroxylation sites is 5. The van der Waals surface area contributed by atoms with E-state index in [0.29, 0.717) is 5.56 Å². The van der Waals surface area contributed by atoms with Gasteiger partial charge in [0.1, 0.15) is 0 Å². The molecule has 9 aromatic carbocycles. The molecular formula is C55H32N4S. The topological polar surface area (TPSA) is 38.6 Å². The number of nitriles is 1. The molecule has 4 aromatic heterocycles. The normalized spacial score (nSPS) is 12.0. The predicted molar refractivity (Wildman–Crippen MR) is 252 cm³/mol. The predicted octanol–water partition coefficient (Wildman–Crippen LogP) is 14.9. The molecule has 60 heavy (non-hydrogen) atoms. The Balaban J connectivity index is 1.15. The minimum absolute atomic E-state index is 0.611. The second-order valence-electron chi connectivity index (χ2n) is 15.5. The zero-order chi connectivity index (χ0) is 39.5. The van der Waals surface area contributed by atoms with Crippen molar-refractivity contribution in [3.63, 3.8) is 0 Å². The van der Waals surface area contributed by atoms with Gasteiger partial charge in [0.05, 0.1) is 56.1 Å². The largest absolute Gasteiger partial charge is 0.309 e. The maximum absolute atomic E-state index is 10.5. The van der Waals surface area contributed by atoms with Gasteiger partial charge in [0.25, 0.3) is 0 Å². The molecule has 0 aliphatic rings. The van der Waals surface area contributed by atoms with Gasteiger partial charge < -0.3 is 13.7 Å². The Labute approximate surface area is 348 Å². The minimum Gasteiger partial charge on any atom is -0.309 e. The first-order valence-electron chi connectivity index (χ1n) is 20.3. The van der Waals surface area contributed by atoms with E-state index in [4.69, 9.17) is 0 Å². The van der Waals surface area contributed by atoms with Crippen molar-refractivity contribution in [2.45, 2.75) is 0 Å². The molecule has 13 aromatic rings. The van der Waals surface area contributed by atoms with Gasteiger partial charge in [0.2, 0.25) is 0 Å². The molecule has 0 unspecified atom stereocenters. The minimum atomic E-state index is 0.611. The van der Waals surface area contributed by atoms with Crippen LogP contribution in [0.4, 0.5) is 0 Å². The number of rotatable bonds is 4. The number of fused-ring (bicyclic) bond motifs is 14. The SMILES string of the molecule is N#Cc1ccc(-c2ccccc2-n2c3ccccc3c3c4sc5ccccc5c4ccc32)c(-n2c3ccccc3c3ccc4c(c5ccccc5n4-c4ccccc4)c32)c1. The van der Waals surface area contributed by atoms with Crippen molar-refractivity contribution in [3.05, 3.63) is 200 Å². The van der Waals surface area contributed by atoms with E-state index in [1.807, 2.05) is 17.4 Å². The van der Waals surface area contributed by atoms with Gasteiger partial charge in [0.15, 0.2) is 0 Å². The van der Waals surface area contributed by atoms with Crippen LogP contribution in [0.1, 0.15) is 5.56 Å². The van der Waals surface area contributed by atoms with E-state index in [1.54, 1.807) is 0 Å². The van der Waals surface area contributed by atoms with Crippen LogP contribution in [-0.4, -0.2) is 13.7 Å². The van der Waals surface area contributed by atoms with Crippen LogP contribution in [0.5, 0.6) is 0 Å². The quantitative estimate of drug-likeness (QED) is 0.175. The smallest absolute Gasteiger partial charge is 0.0992 e. The molecule has 0 atom stereocenters. The van der Waals surface area contributed by atoms with Crippen LogP contribution in [0.2, 0.25) is 0 Å². The highest BCUT2D eigenvalue weighted by molar-refractivity contribution is 7.26. The van der Waals surface area contributed by atoms with Crippen molar-refractivity contribution in [1.29, 1.82) is 5.26 Å². The van der Waals surface area contributed by atoms with E-state index < -0.39 is 0 Å². The first kappa shape index (κ1) is 33.1. The Hall–Kier alpha value is -7.91. The van der Waals surface area contributed by atoms with Crippen LogP contribution in [0.3, 0.4) is 0 Å². The third-order valence-electron chi connectivity index (χ3n) is 12.5. The number of nitrogens with zero attached hydrogens (tertiary/aromatic N) is 4. The lowest BCUT2D eigenvalue weighted by Crippen LogP contribution is -2.02. The zero-order valence-electron chi connectivity index (χ0n) is 32.2. The number of aromatic nitrogens is 3. The van der Waals surface area contributed by atoms with Crippen LogP contribution >= 0.6 is 11.3 Å². The Kier molecular flexibility index (Phi) is 6.92. The summed E-state index contributed by atoms with van der Waals surface area (Å²) in [6.07, 6.45) is 0. The van der Waals surface area contributed by atoms with Crippen LogP contribution in [0.15, 0.2) is 194 Å². The Morgan fingerprint density at radius 2 is 0.967 bits per heavy atom. The van der Waals surface area contributed by atoms with E-state index in [9.17, 15) is 5.26 Å². The summed E-state index contributed by atoms with van der Waals surface area (Å²) in [6.45, 7) is 0. The molecule has 5 heteroatoms. The number of hydrogen-bond acceptors (Lipinski definition) is 2. The van der Waals surface area contributed by atoms with E-state index >= 15 is 0 Å². The average Bonchev–Trinajstić information content (AvgIpc) is 4.05. The van der Waals surface area contributed by atoms with Crippen molar-refractivity contribution < 1.29 is 0 Å². The Morgan fingerprint density at radius 1 is 0.383 bits per heavy atom. The first-order valence-corrected chi connectivity index (χ1v) is 21.1. The van der Waals surface area contributed by atoms with Gasteiger partial charge in [-0.05, 0) is 66.7 Å². The van der Waals surface area contributed by atoms with Gasteiger partial charge in [-0.3, -0.25) is 0 Å². The zero-order valence-corrected chi connectivity index (χ0v) is 33.0. The van der Waals surface area contributed by atoms with Crippen LogP contribution < -0.4 is 0 Å². The van der Waals surface area contributed by atoms with Crippen molar-refractivity contribution in [1.82, 2.24) is 13.7 Å². The molecular weight excluding hydrogens is 749 g/mol. The summed E-state index contributed by atoms with van der Waals surface area (Å²) >= 11 is 1.87. The van der Waals surface area contributed by atoms with Gasteiger partial charge in [-0.2, -0.15) is 5.26 Å². The van der Waals surface area contributed by atoms with E-state index in [2.05, 4.69) is 208 Å². The molecule has 0 aliphatic carbocycles. The summed E-state index contributed by atoms with van der Waals surface area (Å²) in [4.78, 5) is 0. The standard InChI is InChI=1S/C55H32N4S/c56-33-34-26-27-38(36-16-4-9-21-44(36)58-47-24-12-7-20-43(47)53-49(58)31-29-41-39-18-8-13-25-51(39)60-55(41)53)50(32-34)59-45-22-10-5-17-37(45)40-28-30-48-52(54(40)59)42-19-6-11-23-46(42)57(48)35-14-2-1-3-15-35/h1-32H. The maximum Gasteiger partial charge on any atom is 0.0992 e. The maximum atomic E-state index is 10.5. The highest BCUT2D eigenvalue weighted by Crippen LogP contribution is 2.47. The van der Waals surface area contributed by atoms with Crippen LogP contribution in [-0.2, 0) is 0 Å². The number of benzene rings is 9. The molecule has 4 heterocycles. The number of thiophene rings is 1. The fourth-order valence-electron chi connectivity index (χ4n) is 10.0. The molecule has 0 bridgehead atoms. The molecule has 0 spiro atoms. The lowest BCUT2D eigenvalue weighted by Gasteiger charge is -2.19. The van der Waals surface area contributed by atoms with Crippen LogP contribution in [0, 0.1) is 11.3 Å². The molecule has 0 radical (unpaired) electrons. The van der Waals surface area contributed by atoms with Gasteiger partial charge in [-0.15, -0.1) is 11.3 Å². The Bertz CT molecular complexity index is 3960. The monoisotopic (exact) mass is 780 g/mol. The van der Waals surface area contributed by atoms with Gasteiger partial charge in [0, 0.05) is 69.3 Å². The van der Waals surface area contributed by atoms with Gasteiger partial charge >= 0.3 is 0 Å². The highest BCUT2D eigenvalue weighted by atomic mass is 32.1. The molecule has 0 aliphatic heterocycles. The molecule has 13 rings (SSSR count). The number of hydrogen-bond donors (Lipinski definition) is 0. The van der Waals surface area contributed by atoms with E-state index in [1.165, 1.54) is 58.0 Å². The van der Waals surface area contributed by atoms with E-state index in [-0.39, 0.29) is 0 Å². The summed E-state index contributed by atoms with van der Waals surface area (Å²) in [5.41, 5.74) is 12.7. The summed E-state index contributed by atoms with van der Waals surface area (Å²) in [6, 6.07) is 72.2. The summed E-state index contributed by atoms with van der Waals surface area (Å²) in [5.74, 6) is 0. The fourth-order valence-corrected chi connectivity index (χ4v) is 11.3. The van der Waals surface area contributed by atoms with Crippen molar-refractivity contribution in [2.24, 2.45) is 0 Å². The fraction of sp³-hybridized carbons (Fsp3) is 0. The van der Waals surface area contributed by atoms with Gasteiger partial charge in [-0.25, -0.2) is 0 Å². The lowest BCUT2D eigenvalue weighted by atomic mass is 9.99. The summed E-state index contributed by atoms with van der Waals surface area (Å²) < 4.78 is 9.86. The average molecular weight is 781 g/mol. The third-order valence-corrected chi connectivity index (χ3v) is 13.7. The van der Waals surface area contributed by atoms with Crippen molar-refractivity contribution >= 4 is 96.9 Å². The molecule has 0 fully saturated rings. The summed E-state index contributed by atoms with van der Waals surface area (Å²) in [5, 5.41) is 20.3. The first-order chi connectivity index (χ1) is 29.8. The van der Waals surface area contributed by atoms with Crippen molar-refractivity contribution in [3.8, 4) is 34.3 Å². The summed E-state index contributed by atoms with van der Waals surface area (Å²) in [7, 11) is 0. The molecule has 4 nitrogen and oxygen atoms in total. The highest BCUT2D eigenvalue weighted by Gasteiger charge is 2.25. The van der Waals surface area contributed by atoms with Crippen molar-refractivity contribution in [2.75, 3.05) is 0 Å². The molecule has 278 valence electrons. The third kappa shape index (κ3) is 4.48.